The first-order chi connectivity index (χ1) is 8.15. The van der Waals surface area contributed by atoms with Gasteiger partial charge in [-0.3, -0.25) is 9.59 Å². The van der Waals surface area contributed by atoms with Crippen LogP contribution in [0.3, 0.4) is 0 Å². The average Bonchev–Trinajstić information content (AvgIpc) is 3.14. The number of hydrogen-bond acceptors (Lipinski definition) is 2. The minimum Gasteiger partial charge on any atom is -0.480 e. The molecule has 1 aromatic carbocycles. The number of carboxylic acid groups (broad SMARTS) is 1. The first-order valence-electron chi connectivity index (χ1n) is 5.96. The van der Waals surface area contributed by atoms with Crippen LogP contribution >= 0.6 is 0 Å². The zero-order valence-corrected chi connectivity index (χ0v) is 10.3. The highest BCUT2D eigenvalue weighted by Gasteiger charge is 2.56. The lowest BCUT2D eigenvalue weighted by Gasteiger charge is -2.07. The van der Waals surface area contributed by atoms with Crippen LogP contribution in [-0.4, -0.2) is 16.9 Å². The van der Waals surface area contributed by atoms with Gasteiger partial charge in [0.1, 0.15) is 5.41 Å². The number of carbonyl (C=O) groups is 2. The van der Waals surface area contributed by atoms with Crippen LogP contribution in [0.2, 0.25) is 0 Å². The number of benzene rings is 1. The van der Waals surface area contributed by atoms with Crippen molar-refractivity contribution < 1.29 is 14.7 Å². The zero-order chi connectivity index (χ0) is 12.9. The molecule has 1 fully saturated rings. The molecule has 0 unspecified atom stereocenters. The predicted octanol–water partition coefficient (Wildman–Crippen LogP) is 2.69. The normalized spacial score (nSPS) is 15.4. The minimum absolute atomic E-state index is 0.166. The number of carbonyl (C=O) groups excluding carboxylic acids is 1. The van der Waals surface area contributed by atoms with Crippen LogP contribution in [0.15, 0.2) is 30.3 Å². The molecular formula is C14H18O3. The highest BCUT2D eigenvalue weighted by Crippen LogP contribution is 2.47. The Bertz CT molecular complexity index is 391. The lowest BCUT2D eigenvalue weighted by Crippen LogP contribution is -2.26. The van der Waals surface area contributed by atoms with E-state index in [9.17, 15) is 9.59 Å². The van der Waals surface area contributed by atoms with Gasteiger partial charge >= 0.3 is 5.97 Å². The van der Waals surface area contributed by atoms with Gasteiger partial charge in [-0.1, -0.05) is 44.2 Å². The number of hydrogen-bond donors (Lipinski definition) is 1. The summed E-state index contributed by atoms with van der Waals surface area (Å²) in [5.41, 5.74) is -0.175. The van der Waals surface area contributed by atoms with Crippen LogP contribution in [0.4, 0.5) is 0 Å². The lowest BCUT2D eigenvalue weighted by atomic mass is 9.95. The summed E-state index contributed by atoms with van der Waals surface area (Å²) in [5.74, 6) is -1.13. The third kappa shape index (κ3) is 2.93. The Morgan fingerprint density at radius 3 is 2.12 bits per heavy atom. The van der Waals surface area contributed by atoms with Gasteiger partial charge in [0.2, 0.25) is 0 Å². The van der Waals surface area contributed by atoms with E-state index in [4.69, 9.17) is 5.11 Å². The first kappa shape index (κ1) is 13.4. The van der Waals surface area contributed by atoms with Crippen LogP contribution in [0.1, 0.15) is 32.3 Å². The van der Waals surface area contributed by atoms with Crippen molar-refractivity contribution in [2.75, 3.05) is 0 Å². The van der Waals surface area contributed by atoms with E-state index in [2.05, 4.69) is 0 Å². The Morgan fingerprint density at radius 1 is 1.18 bits per heavy atom. The van der Waals surface area contributed by atoms with Crippen molar-refractivity contribution in [1.82, 2.24) is 0 Å². The van der Waals surface area contributed by atoms with Crippen LogP contribution in [-0.2, 0) is 16.0 Å². The fraction of sp³-hybridized carbons (Fsp3) is 0.429. The zero-order valence-electron chi connectivity index (χ0n) is 10.3. The van der Waals surface area contributed by atoms with Gasteiger partial charge in [0.05, 0.1) is 0 Å². The second kappa shape index (κ2) is 5.62. The first-order valence-corrected chi connectivity index (χ1v) is 5.96. The molecule has 0 atom stereocenters. The Kier molecular flexibility index (Phi) is 4.44. The fourth-order valence-corrected chi connectivity index (χ4v) is 1.69. The molecule has 0 aromatic heterocycles. The molecule has 0 bridgehead atoms. The summed E-state index contributed by atoms with van der Waals surface area (Å²) >= 11 is 0. The van der Waals surface area contributed by atoms with Crippen LogP contribution < -0.4 is 0 Å². The standard InChI is InChI=1S/C12H12O3.C2H6/c13-10(12(6-7-12)11(14)15)8-9-4-2-1-3-5-9;1-2/h1-5H,6-8H2,(H,14,15);1-2H3. The molecule has 3 nitrogen and oxygen atoms in total. The van der Waals surface area contributed by atoms with E-state index in [0.717, 1.165) is 5.56 Å². The summed E-state index contributed by atoms with van der Waals surface area (Å²) in [7, 11) is 0. The molecule has 0 saturated heterocycles. The van der Waals surface area contributed by atoms with Crippen molar-refractivity contribution in [2.24, 2.45) is 5.41 Å². The molecule has 1 aliphatic carbocycles. The molecule has 1 aliphatic rings. The van der Waals surface area contributed by atoms with E-state index in [1.165, 1.54) is 0 Å². The molecule has 0 radical (unpaired) electrons. The maximum absolute atomic E-state index is 11.8. The van der Waals surface area contributed by atoms with E-state index in [1.54, 1.807) is 0 Å². The number of Topliss-reactive ketones (excluding diaryl/α,β-unsaturated/α-hetero) is 1. The van der Waals surface area contributed by atoms with Crippen LogP contribution in [0.5, 0.6) is 0 Å². The molecule has 3 heteroatoms. The van der Waals surface area contributed by atoms with Gasteiger partial charge < -0.3 is 5.11 Å². The second-order valence-electron chi connectivity index (χ2n) is 3.97. The molecule has 1 saturated carbocycles. The predicted molar refractivity (Wildman–Crippen MR) is 65.8 cm³/mol. The summed E-state index contributed by atoms with van der Waals surface area (Å²) in [4.78, 5) is 22.7. The summed E-state index contributed by atoms with van der Waals surface area (Å²) < 4.78 is 0. The van der Waals surface area contributed by atoms with Gasteiger partial charge in [-0.2, -0.15) is 0 Å². The lowest BCUT2D eigenvalue weighted by molar-refractivity contribution is -0.148. The Morgan fingerprint density at radius 2 is 1.71 bits per heavy atom. The van der Waals surface area contributed by atoms with Crippen molar-refractivity contribution in [3.05, 3.63) is 35.9 Å². The molecule has 17 heavy (non-hydrogen) atoms. The summed E-state index contributed by atoms with van der Waals surface area (Å²) in [6.07, 6.45) is 1.22. The fourth-order valence-electron chi connectivity index (χ4n) is 1.69. The van der Waals surface area contributed by atoms with Crippen molar-refractivity contribution in [2.45, 2.75) is 33.1 Å². The molecular weight excluding hydrogens is 216 g/mol. The molecule has 2 rings (SSSR count). The topological polar surface area (TPSA) is 54.4 Å². The van der Waals surface area contributed by atoms with Gasteiger partial charge in [0.15, 0.2) is 5.78 Å². The van der Waals surface area contributed by atoms with Gasteiger partial charge in [0, 0.05) is 6.42 Å². The Hall–Kier alpha value is -1.64. The number of ketones is 1. The highest BCUT2D eigenvalue weighted by molar-refractivity contribution is 6.06. The van der Waals surface area contributed by atoms with Gasteiger partial charge in [-0.05, 0) is 18.4 Å². The molecule has 0 amide bonds. The smallest absolute Gasteiger partial charge is 0.317 e. The summed E-state index contributed by atoms with van der Waals surface area (Å²) in [6.45, 7) is 4.00. The largest absolute Gasteiger partial charge is 0.480 e. The number of rotatable bonds is 4. The molecule has 0 heterocycles. The van der Waals surface area contributed by atoms with E-state index >= 15 is 0 Å². The van der Waals surface area contributed by atoms with Crippen molar-refractivity contribution in [3.8, 4) is 0 Å². The molecule has 0 aliphatic heterocycles. The van der Waals surface area contributed by atoms with Crippen molar-refractivity contribution in [1.29, 1.82) is 0 Å². The van der Waals surface area contributed by atoms with Crippen LogP contribution in [0.25, 0.3) is 0 Å². The average molecular weight is 234 g/mol. The highest BCUT2D eigenvalue weighted by atomic mass is 16.4. The SMILES string of the molecule is CC.O=C(O)C1(C(=O)Cc2ccccc2)CC1. The van der Waals surface area contributed by atoms with E-state index in [0.29, 0.717) is 12.8 Å². The molecule has 1 N–H and O–H groups in total. The van der Waals surface area contributed by atoms with Gasteiger partial charge in [0.25, 0.3) is 0 Å². The van der Waals surface area contributed by atoms with Gasteiger partial charge in [-0.15, -0.1) is 0 Å². The van der Waals surface area contributed by atoms with E-state index in [-0.39, 0.29) is 12.2 Å². The Balaban J connectivity index is 0.000000686. The van der Waals surface area contributed by atoms with Gasteiger partial charge in [-0.25, -0.2) is 0 Å². The molecule has 1 aromatic rings. The molecule has 92 valence electrons. The third-order valence-electron chi connectivity index (χ3n) is 2.90. The maximum atomic E-state index is 11.8. The summed E-state index contributed by atoms with van der Waals surface area (Å²) in [6, 6.07) is 9.26. The van der Waals surface area contributed by atoms with Crippen molar-refractivity contribution >= 4 is 11.8 Å². The Labute approximate surface area is 101 Å². The van der Waals surface area contributed by atoms with Crippen LogP contribution in [0, 0.1) is 5.41 Å². The van der Waals surface area contributed by atoms with E-state index in [1.807, 2.05) is 44.2 Å². The quantitative estimate of drug-likeness (QED) is 0.815. The second-order valence-corrected chi connectivity index (χ2v) is 3.97. The third-order valence-corrected chi connectivity index (χ3v) is 2.90. The maximum Gasteiger partial charge on any atom is 0.317 e. The molecule has 0 spiro atoms. The summed E-state index contributed by atoms with van der Waals surface area (Å²) in [5, 5.41) is 8.93. The number of carboxylic acids is 1. The van der Waals surface area contributed by atoms with Crippen molar-refractivity contribution in [3.63, 3.8) is 0 Å². The van der Waals surface area contributed by atoms with E-state index < -0.39 is 11.4 Å². The number of aliphatic carboxylic acids is 1. The minimum atomic E-state index is -1.06. The monoisotopic (exact) mass is 234 g/mol.